The van der Waals surface area contributed by atoms with Crippen molar-refractivity contribution in [3.63, 3.8) is 0 Å². The number of hydrogen-bond acceptors (Lipinski definition) is 1. The molecule has 0 saturated heterocycles. The van der Waals surface area contributed by atoms with Gasteiger partial charge in [-0.25, -0.2) is 0 Å². The molecule has 0 atom stereocenters. The fourth-order valence-corrected chi connectivity index (χ4v) is 2.77. The molecule has 1 aromatic carbocycles. The van der Waals surface area contributed by atoms with Crippen LogP contribution in [0.2, 0.25) is 0 Å². The molecule has 0 amide bonds. The van der Waals surface area contributed by atoms with Crippen LogP contribution in [0.1, 0.15) is 30.4 Å². The van der Waals surface area contributed by atoms with E-state index in [4.69, 9.17) is 5.73 Å². The molecule has 0 bridgehead atoms. The predicted molar refractivity (Wildman–Crippen MR) is 63.7 cm³/mol. The third-order valence-electron chi connectivity index (χ3n) is 3.54. The topological polar surface area (TPSA) is 26.0 Å². The second-order valence-electron chi connectivity index (χ2n) is 4.56. The Hall–Kier alpha value is -0.550. The molecule has 2 rings (SSSR count). The van der Waals surface area contributed by atoms with Crippen molar-refractivity contribution < 1.29 is 13.2 Å². The van der Waals surface area contributed by atoms with Gasteiger partial charge in [0, 0.05) is 16.4 Å². The molecule has 1 aliphatic carbocycles. The quantitative estimate of drug-likeness (QED) is 0.882. The Kier molecular flexibility index (Phi) is 3.25. The zero-order valence-electron chi connectivity index (χ0n) is 9.15. The summed E-state index contributed by atoms with van der Waals surface area (Å²) in [5.74, 6) is 0. The van der Waals surface area contributed by atoms with Gasteiger partial charge in [-0.3, -0.25) is 0 Å². The van der Waals surface area contributed by atoms with Crippen LogP contribution in [0.5, 0.6) is 0 Å². The average molecular weight is 308 g/mol. The van der Waals surface area contributed by atoms with Crippen molar-refractivity contribution in [1.82, 2.24) is 0 Å². The number of halogens is 4. The minimum atomic E-state index is -4.31. The van der Waals surface area contributed by atoms with Gasteiger partial charge in [0.05, 0.1) is 5.56 Å². The van der Waals surface area contributed by atoms with Crippen LogP contribution in [0.4, 0.5) is 13.2 Å². The number of alkyl halides is 3. The second kappa shape index (κ2) is 4.28. The first-order valence-corrected chi connectivity index (χ1v) is 6.25. The summed E-state index contributed by atoms with van der Waals surface area (Å²) in [6.07, 6.45) is -1.53. The van der Waals surface area contributed by atoms with E-state index in [0.717, 1.165) is 25.3 Å². The number of benzene rings is 1. The summed E-state index contributed by atoms with van der Waals surface area (Å²) >= 11 is 3.14. The highest BCUT2D eigenvalue weighted by molar-refractivity contribution is 9.10. The predicted octanol–water partition coefficient (Wildman–Crippen LogP) is 3.85. The van der Waals surface area contributed by atoms with Crippen LogP contribution in [0.15, 0.2) is 22.7 Å². The van der Waals surface area contributed by atoms with Gasteiger partial charge < -0.3 is 5.73 Å². The van der Waals surface area contributed by atoms with Gasteiger partial charge in [0.25, 0.3) is 0 Å². The summed E-state index contributed by atoms with van der Waals surface area (Å²) < 4.78 is 38.6. The normalized spacial score (nSPS) is 18.9. The maximum atomic E-state index is 12.7. The highest BCUT2D eigenvalue weighted by Crippen LogP contribution is 2.45. The van der Waals surface area contributed by atoms with Crippen molar-refractivity contribution in [3.8, 4) is 0 Å². The average Bonchev–Trinajstić information content (AvgIpc) is 2.14. The van der Waals surface area contributed by atoms with E-state index >= 15 is 0 Å². The summed E-state index contributed by atoms with van der Waals surface area (Å²) in [4.78, 5) is 0. The van der Waals surface area contributed by atoms with E-state index in [1.165, 1.54) is 6.07 Å². The third kappa shape index (κ3) is 2.36. The lowest BCUT2D eigenvalue weighted by Gasteiger charge is -2.42. The molecule has 0 unspecified atom stereocenters. The van der Waals surface area contributed by atoms with Gasteiger partial charge >= 0.3 is 6.18 Å². The maximum Gasteiger partial charge on any atom is 0.416 e. The van der Waals surface area contributed by atoms with Gasteiger partial charge in [-0.2, -0.15) is 13.2 Å². The largest absolute Gasteiger partial charge is 0.416 e. The van der Waals surface area contributed by atoms with Crippen LogP contribution in [0, 0.1) is 0 Å². The smallest absolute Gasteiger partial charge is 0.330 e. The molecule has 2 N–H and O–H groups in total. The Labute approximate surface area is 106 Å². The molecule has 0 radical (unpaired) electrons. The standard InChI is InChI=1S/C12H13BrF3N/c13-10-5-8(11(7-17)2-1-3-11)4-9(6-10)12(14,15)16/h4-6H,1-3,7,17H2. The Balaban J connectivity index is 2.45. The Morgan fingerprint density at radius 2 is 1.88 bits per heavy atom. The van der Waals surface area contributed by atoms with Gasteiger partial charge in [0.1, 0.15) is 0 Å². The van der Waals surface area contributed by atoms with Gasteiger partial charge in [0.15, 0.2) is 0 Å². The summed E-state index contributed by atoms with van der Waals surface area (Å²) in [7, 11) is 0. The molecule has 94 valence electrons. The fraction of sp³-hybridized carbons (Fsp3) is 0.500. The Morgan fingerprint density at radius 1 is 1.24 bits per heavy atom. The lowest BCUT2D eigenvalue weighted by molar-refractivity contribution is -0.137. The monoisotopic (exact) mass is 307 g/mol. The Bertz CT molecular complexity index is 419. The highest BCUT2D eigenvalue weighted by atomic mass is 79.9. The zero-order chi connectivity index (χ0) is 12.7. The molecular weight excluding hydrogens is 295 g/mol. The molecule has 0 aromatic heterocycles. The molecular formula is C12H13BrF3N. The van der Waals surface area contributed by atoms with Crippen molar-refractivity contribution in [2.45, 2.75) is 30.9 Å². The maximum absolute atomic E-state index is 12.7. The van der Waals surface area contributed by atoms with Gasteiger partial charge in [0.2, 0.25) is 0 Å². The molecule has 0 aliphatic heterocycles. The summed E-state index contributed by atoms with van der Waals surface area (Å²) in [6.45, 7) is 0.404. The summed E-state index contributed by atoms with van der Waals surface area (Å²) in [5.41, 5.74) is 5.56. The fourth-order valence-electron chi connectivity index (χ4n) is 2.27. The molecule has 0 spiro atoms. The van der Waals surface area contributed by atoms with Crippen LogP contribution >= 0.6 is 15.9 Å². The SMILES string of the molecule is NCC1(c2cc(Br)cc(C(F)(F)F)c2)CCC1. The molecule has 17 heavy (non-hydrogen) atoms. The van der Waals surface area contributed by atoms with E-state index in [1.54, 1.807) is 6.07 Å². The molecule has 1 nitrogen and oxygen atoms in total. The summed E-state index contributed by atoms with van der Waals surface area (Å²) in [5, 5.41) is 0. The first kappa shape index (κ1) is 12.9. The van der Waals surface area contributed by atoms with Crippen molar-refractivity contribution in [3.05, 3.63) is 33.8 Å². The van der Waals surface area contributed by atoms with Crippen LogP contribution in [0.3, 0.4) is 0 Å². The van der Waals surface area contributed by atoms with Crippen LogP contribution in [0.25, 0.3) is 0 Å². The zero-order valence-corrected chi connectivity index (χ0v) is 10.7. The first-order valence-electron chi connectivity index (χ1n) is 5.46. The molecule has 1 saturated carbocycles. The van der Waals surface area contributed by atoms with Crippen LogP contribution in [-0.4, -0.2) is 6.54 Å². The van der Waals surface area contributed by atoms with Gasteiger partial charge in [-0.15, -0.1) is 0 Å². The van der Waals surface area contributed by atoms with E-state index in [1.807, 2.05) is 0 Å². The van der Waals surface area contributed by atoms with Crippen molar-refractivity contribution in [1.29, 1.82) is 0 Å². The third-order valence-corrected chi connectivity index (χ3v) is 4.00. The van der Waals surface area contributed by atoms with Crippen LogP contribution < -0.4 is 5.73 Å². The van der Waals surface area contributed by atoms with E-state index in [-0.39, 0.29) is 5.41 Å². The van der Waals surface area contributed by atoms with Gasteiger partial charge in [-0.05, 0) is 36.6 Å². The minimum Gasteiger partial charge on any atom is -0.330 e. The van der Waals surface area contributed by atoms with E-state index in [2.05, 4.69) is 15.9 Å². The molecule has 1 aliphatic rings. The molecule has 0 heterocycles. The Morgan fingerprint density at radius 3 is 2.29 bits per heavy atom. The second-order valence-corrected chi connectivity index (χ2v) is 5.48. The lowest BCUT2D eigenvalue weighted by atomic mass is 9.64. The minimum absolute atomic E-state index is 0.246. The van der Waals surface area contributed by atoms with Crippen molar-refractivity contribution >= 4 is 15.9 Å². The van der Waals surface area contributed by atoms with E-state index in [0.29, 0.717) is 16.6 Å². The van der Waals surface area contributed by atoms with Crippen molar-refractivity contribution in [2.75, 3.05) is 6.54 Å². The van der Waals surface area contributed by atoms with Gasteiger partial charge in [-0.1, -0.05) is 22.4 Å². The van der Waals surface area contributed by atoms with E-state index < -0.39 is 11.7 Å². The number of rotatable bonds is 2. The molecule has 5 heteroatoms. The highest BCUT2D eigenvalue weighted by Gasteiger charge is 2.39. The number of hydrogen-bond donors (Lipinski definition) is 1. The summed E-state index contributed by atoms with van der Waals surface area (Å²) in [6, 6.07) is 4.09. The van der Waals surface area contributed by atoms with E-state index in [9.17, 15) is 13.2 Å². The number of nitrogens with two attached hydrogens (primary N) is 1. The first-order chi connectivity index (χ1) is 7.87. The molecule has 1 fully saturated rings. The van der Waals surface area contributed by atoms with Crippen LogP contribution in [-0.2, 0) is 11.6 Å². The lowest BCUT2D eigenvalue weighted by Crippen LogP contribution is -2.41. The van der Waals surface area contributed by atoms with Crippen molar-refractivity contribution in [2.24, 2.45) is 5.73 Å². The molecule has 1 aromatic rings.